The standard InChI is InChI=1S/C17H20N2O3S/c1-12(2)18-17(20)14-9-10-16(13(3)11-14)19-23(21,22)15-7-5-4-6-8-15/h4-12,19H,1-3H3,(H,18,20). The average molecular weight is 332 g/mol. The van der Waals surface area contributed by atoms with Gasteiger partial charge in [0.25, 0.3) is 15.9 Å². The molecule has 0 saturated carbocycles. The van der Waals surface area contributed by atoms with Gasteiger partial charge in [0.1, 0.15) is 0 Å². The summed E-state index contributed by atoms with van der Waals surface area (Å²) in [6.07, 6.45) is 0. The zero-order valence-corrected chi connectivity index (χ0v) is 14.1. The van der Waals surface area contributed by atoms with Gasteiger partial charge in [-0.2, -0.15) is 0 Å². The Labute approximate surface area is 136 Å². The first kappa shape index (κ1) is 17.0. The van der Waals surface area contributed by atoms with Gasteiger partial charge >= 0.3 is 0 Å². The lowest BCUT2D eigenvalue weighted by molar-refractivity contribution is 0.0943. The summed E-state index contributed by atoms with van der Waals surface area (Å²) in [6, 6.07) is 13.1. The number of anilines is 1. The van der Waals surface area contributed by atoms with Gasteiger partial charge < -0.3 is 5.32 Å². The van der Waals surface area contributed by atoms with E-state index in [0.717, 1.165) is 0 Å². The molecule has 0 bridgehead atoms. The third-order valence-corrected chi connectivity index (χ3v) is 4.59. The molecule has 122 valence electrons. The molecule has 0 aliphatic rings. The van der Waals surface area contributed by atoms with E-state index in [1.807, 2.05) is 13.8 Å². The van der Waals surface area contributed by atoms with Crippen LogP contribution >= 0.6 is 0 Å². The van der Waals surface area contributed by atoms with Crippen molar-refractivity contribution in [1.82, 2.24) is 5.32 Å². The van der Waals surface area contributed by atoms with Crippen LogP contribution in [-0.4, -0.2) is 20.4 Å². The second-order valence-corrected chi connectivity index (χ2v) is 7.26. The monoisotopic (exact) mass is 332 g/mol. The lowest BCUT2D eigenvalue weighted by Crippen LogP contribution is -2.30. The van der Waals surface area contributed by atoms with E-state index < -0.39 is 10.0 Å². The van der Waals surface area contributed by atoms with E-state index in [0.29, 0.717) is 16.8 Å². The Bertz CT molecular complexity index is 800. The van der Waals surface area contributed by atoms with E-state index >= 15 is 0 Å². The van der Waals surface area contributed by atoms with Crippen molar-refractivity contribution in [3.05, 3.63) is 59.7 Å². The van der Waals surface area contributed by atoms with Gasteiger partial charge in [-0.3, -0.25) is 9.52 Å². The van der Waals surface area contributed by atoms with Crippen LogP contribution in [0.2, 0.25) is 0 Å². The second-order valence-electron chi connectivity index (χ2n) is 5.58. The Balaban J connectivity index is 2.24. The first-order valence-electron chi connectivity index (χ1n) is 7.29. The summed E-state index contributed by atoms with van der Waals surface area (Å²) in [5.41, 5.74) is 1.63. The van der Waals surface area contributed by atoms with E-state index in [-0.39, 0.29) is 16.8 Å². The number of aryl methyl sites for hydroxylation is 1. The molecule has 5 nitrogen and oxygen atoms in total. The summed E-state index contributed by atoms with van der Waals surface area (Å²) < 4.78 is 27.2. The van der Waals surface area contributed by atoms with E-state index in [1.54, 1.807) is 43.3 Å². The molecule has 2 aromatic rings. The number of sulfonamides is 1. The maximum Gasteiger partial charge on any atom is 0.261 e. The maximum atomic E-state index is 12.3. The summed E-state index contributed by atoms with van der Waals surface area (Å²) in [5.74, 6) is -0.180. The topological polar surface area (TPSA) is 75.3 Å². The predicted molar refractivity (Wildman–Crippen MR) is 91.0 cm³/mol. The number of nitrogens with one attached hydrogen (secondary N) is 2. The van der Waals surface area contributed by atoms with Gasteiger partial charge in [0.2, 0.25) is 0 Å². The fourth-order valence-electron chi connectivity index (χ4n) is 2.07. The zero-order valence-electron chi connectivity index (χ0n) is 13.3. The highest BCUT2D eigenvalue weighted by Crippen LogP contribution is 2.21. The largest absolute Gasteiger partial charge is 0.350 e. The molecule has 2 rings (SSSR count). The van der Waals surface area contributed by atoms with Crippen LogP contribution in [0.3, 0.4) is 0 Å². The summed E-state index contributed by atoms with van der Waals surface area (Å²) in [7, 11) is -3.64. The molecule has 0 radical (unpaired) electrons. The minimum atomic E-state index is -3.64. The van der Waals surface area contributed by atoms with Crippen LogP contribution in [0.15, 0.2) is 53.4 Å². The molecule has 0 atom stereocenters. The molecule has 0 aliphatic carbocycles. The molecule has 0 saturated heterocycles. The molecule has 0 unspecified atom stereocenters. The summed E-state index contributed by atoms with van der Waals surface area (Å²) in [5, 5.41) is 2.80. The van der Waals surface area contributed by atoms with Crippen LogP contribution in [0.25, 0.3) is 0 Å². The van der Waals surface area contributed by atoms with E-state index in [4.69, 9.17) is 0 Å². The zero-order chi connectivity index (χ0) is 17.0. The van der Waals surface area contributed by atoms with Crippen LogP contribution in [0.5, 0.6) is 0 Å². The highest BCUT2D eigenvalue weighted by Gasteiger charge is 2.15. The Kier molecular flexibility index (Phi) is 5.05. The van der Waals surface area contributed by atoms with Crippen molar-refractivity contribution in [2.45, 2.75) is 31.7 Å². The van der Waals surface area contributed by atoms with Gasteiger partial charge in [0.15, 0.2) is 0 Å². The summed E-state index contributed by atoms with van der Waals surface area (Å²) >= 11 is 0. The Morgan fingerprint density at radius 2 is 1.70 bits per heavy atom. The van der Waals surface area contributed by atoms with Crippen LogP contribution in [-0.2, 0) is 10.0 Å². The molecule has 1 amide bonds. The SMILES string of the molecule is Cc1cc(C(=O)NC(C)C)ccc1NS(=O)(=O)c1ccccc1. The molecule has 6 heteroatoms. The van der Waals surface area contributed by atoms with Crippen LogP contribution < -0.4 is 10.0 Å². The number of benzene rings is 2. The molecular weight excluding hydrogens is 312 g/mol. The first-order chi connectivity index (χ1) is 10.8. The number of carbonyl (C=O) groups is 1. The van der Waals surface area contributed by atoms with Crippen molar-refractivity contribution in [3.8, 4) is 0 Å². The Morgan fingerprint density at radius 3 is 2.26 bits per heavy atom. The van der Waals surface area contributed by atoms with E-state index in [9.17, 15) is 13.2 Å². The van der Waals surface area contributed by atoms with Gasteiger partial charge in [0.05, 0.1) is 10.6 Å². The molecule has 2 aromatic carbocycles. The molecule has 0 aliphatic heterocycles. The van der Waals surface area contributed by atoms with Crippen molar-refractivity contribution < 1.29 is 13.2 Å². The maximum absolute atomic E-state index is 12.3. The lowest BCUT2D eigenvalue weighted by Gasteiger charge is -2.13. The van der Waals surface area contributed by atoms with Crippen molar-refractivity contribution >= 4 is 21.6 Å². The number of rotatable bonds is 5. The van der Waals surface area contributed by atoms with Gasteiger partial charge in [-0.1, -0.05) is 18.2 Å². The second kappa shape index (κ2) is 6.83. The quantitative estimate of drug-likeness (QED) is 0.884. The van der Waals surface area contributed by atoms with E-state index in [1.165, 1.54) is 12.1 Å². The fourth-order valence-corrected chi connectivity index (χ4v) is 3.22. The normalized spacial score (nSPS) is 11.3. The summed E-state index contributed by atoms with van der Waals surface area (Å²) in [4.78, 5) is 12.2. The highest BCUT2D eigenvalue weighted by molar-refractivity contribution is 7.92. The molecule has 0 spiro atoms. The van der Waals surface area contributed by atoms with Gasteiger partial charge in [0, 0.05) is 11.6 Å². The minimum absolute atomic E-state index is 0.0408. The van der Waals surface area contributed by atoms with Gasteiger partial charge in [-0.25, -0.2) is 8.42 Å². The van der Waals surface area contributed by atoms with Crippen molar-refractivity contribution in [3.63, 3.8) is 0 Å². The Hall–Kier alpha value is -2.34. The van der Waals surface area contributed by atoms with Gasteiger partial charge in [-0.05, 0) is 56.7 Å². The minimum Gasteiger partial charge on any atom is -0.350 e. The van der Waals surface area contributed by atoms with Gasteiger partial charge in [-0.15, -0.1) is 0 Å². The smallest absolute Gasteiger partial charge is 0.261 e. The van der Waals surface area contributed by atoms with E-state index in [2.05, 4.69) is 10.0 Å². The fraction of sp³-hybridized carbons (Fsp3) is 0.235. The molecule has 0 heterocycles. The third kappa shape index (κ3) is 4.32. The number of hydrogen-bond donors (Lipinski definition) is 2. The number of hydrogen-bond acceptors (Lipinski definition) is 3. The number of amides is 1. The Morgan fingerprint density at radius 1 is 1.04 bits per heavy atom. The lowest BCUT2D eigenvalue weighted by atomic mass is 10.1. The molecule has 23 heavy (non-hydrogen) atoms. The average Bonchev–Trinajstić information content (AvgIpc) is 2.49. The van der Waals surface area contributed by atoms with Crippen molar-refractivity contribution in [2.75, 3.05) is 4.72 Å². The number of carbonyl (C=O) groups excluding carboxylic acids is 1. The van der Waals surface area contributed by atoms with Crippen LogP contribution in [0.4, 0.5) is 5.69 Å². The van der Waals surface area contributed by atoms with Crippen molar-refractivity contribution in [2.24, 2.45) is 0 Å². The van der Waals surface area contributed by atoms with Crippen LogP contribution in [0.1, 0.15) is 29.8 Å². The highest BCUT2D eigenvalue weighted by atomic mass is 32.2. The first-order valence-corrected chi connectivity index (χ1v) is 8.77. The predicted octanol–water partition coefficient (Wildman–Crippen LogP) is 2.93. The molecule has 0 fully saturated rings. The van der Waals surface area contributed by atoms with Crippen molar-refractivity contribution in [1.29, 1.82) is 0 Å². The molecular formula is C17H20N2O3S. The molecule has 2 N–H and O–H groups in total. The summed E-state index contributed by atoms with van der Waals surface area (Å²) in [6.45, 7) is 5.52. The van der Waals surface area contributed by atoms with Crippen LogP contribution in [0, 0.1) is 6.92 Å². The third-order valence-electron chi connectivity index (χ3n) is 3.21. The molecule has 0 aromatic heterocycles.